The fourth-order valence-electron chi connectivity index (χ4n) is 12.6. The summed E-state index contributed by atoms with van der Waals surface area (Å²) in [5.41, 5.74) is 9.13. The number of Topliss-reactive ketones (excluding diaryl/α,β-unsaturated/α-hetero) is 1. The summed E-state index contributed by atoms with van der Waals surface area (Å²) >= 11 is 0. The molecule has 0 saturated carbocycles. The van der Waals surface area contributed by atoms with Crippen LogP contribution in [0.2, 0.25) is 0 Å². The average molecular weight is 1350 g/mol. The van der Waals surface area contributed by atoms with Crippen molar-refractivity contribution in [3.8, 4) is 16.9 Å². The maximum atomic E-state index is 15.7. The number of nitrogens with one attached hydrogen (secondary N) is 3. The molecule has 3 amide bonds. The van der Waals surface area contributed by atoms with Gasteiger partial charge in [-0.15, -0.1) is 0 Å². The Morgan fingerprint density at radius 1 is 0.582 bits per heavy atom. The van der Waals surface area contributed by atoms with Crippen LogP contribution in [0.4, 0.5) is 10.5 Å². The Kier molecular flexibility index (Phi) is 23.1. The number of carbonyl (C=O) groups excluding carboxylic acids is 5. The summed E-state index contributed by atoms with van der Waals surface area (Å²) in [6, 6.07) is 72.8. The van der Waals surface area contributed by atoms with Crippen molar-refractivity contribution in [1.82, 2.24) is 25.5 Å². The fraction of sp³-hybridized carbons (Fsp3) is 0.225. The molecule has 1 aromatic heterocycles. The number of rotatable bonds is 31. The summed E-state index contributed by atoms with van der Waals surface area (Å²) in [5, 5.41) is 20.9. The van der Waals surface area contributed by atoms with Crippen LogP contribution in [-0.4, -0.2) is 74.6 Å². The number of aromatic nitrogens is 2. The molecule has 3 N–H and O–H groups in total. The van der Waals surface area contributed by atoms with Crippen molar-refractivity contribution in [2.24, 2.45) is 11.8 Å². The van der Waals surface area contributed by atoms with Gasteiger partial charge in [-0.05, 0) is 93.1 Å². The maximum absolute atomic E-state index is 15.7. The number of carbonyl (C=O) groups is 5. The minimum Gasteiger partial charge on any atom is -0.489 e. The van der Waals surface area contributed by atoms with Crippen molar-refractivity contribution >= 4 is 56.9 Å². The van der Waals surface area contributed by atoms with Gasteiger partial charge in [0.15, 0.2) is 5.78 Å². The number of para-hydroxylation sites is 1. The third-order valence-corrected chi connectivity index (χ3v) is 19.8. The zero-order valence-corrected chi connectivity index (χ0v) is 56.2. The third-order valence-electron chi connectivity index (χ3n) is 17.4. The van der Waals surface area contributed by atoms with Gasteiger partial charge in [-0.2, -0.15) is 0 Å². The quantitative estimate of drug-likeness (QED) is 0.0122. The molecule has 0 fully saturated rings. The number of nitrogens with zero attached hydrogens (tertiary/aromatic N) is 3. The van der Waals surface area contributed by atoms with E-state index in [0.29, 0.717) is 28.6 Å². The zero-order valence-electron chi connectivity index (χ0n) is 54.6. The van der Waals surface area contributed by atoms with E-state index in [2.05, 4.69) is 16.0 Å². The topological polar surface area (TPSA) is 210 Å². The lowest BCUT2D eigenvalue weighted by Gasteiger charge is -2.39. The molecule has 0 spiro atoms. The molecule has 11 rings (SSSR count). The SMILES string of the molecule is Cc1ccc(COc2ccc(COC(=O)C(Cc3ccccc3)NC(=O)C(CC(=O)C(CC(C)C)NC(=O)C(CSSc3ccccc3[N+](=O)[O-])NC(=O)OCC3c4ccccc4-c4ccccc43)Cc3nccn3C(c3ccccc3)(c3ccccc3)c3ccccc3)cc2)cc1. The molecule has 98 heavy (non-hydrogen) atoms. The molecule has 0 bridgehead atoms. The predicted molar refractivity (Wildman–Crippen MR) is 382 cm³/mol. The second-order valence-corrected chi connectivity index (χ2v) is 27.1. The first-order valence-corrected chi connectivity index (χ1v) is 35.0. The van der Waals surface area contributed by atoms with Gasteiger partial charge in [0.25, 0.3) is 5.69 Å². The summed E-state index contributed by atoms with van der Waals surface area (Å²) in [6.07, 6.45) is 2.26. The van der Waals surface area contributed by atoms with Gasteiger partial charge in [-0.3, -0.25) is 24.5 Å². The normalized spacial score (nSPS) is 13.0. The Balaban J connectivity index is 0.897. The molecule has 1 heterocycles. The van der Waals surface area contributed by atoms with E-state index in [1.54, 1.807) is 24.4 Å². The van der Waals surface area contributed by atoms with Crippen LogP contribution in [0.15, 0.2) is 260 Å². The Labute approximate surface area is 578 Å². The van der Waals surface area contributed by atoms with Gasteiger partial charge in [-0.1, -0.05) is 259 Å². The molecule has 4 unspecified atom stereocenters. The number of benzene rings is 9. The second-order valence-electron chi connectivity index (χ2n) is 24.7. The van der Waals surface area contributed by atoms with Gasteiger partial charge < -0.3 is 34.7 Å². The van der Waals surface area contributed by atoms with Crippen molar-refractivity contribution in [2.75, 3.05) is 12.4 Å². The van der Waals surface area contributed by atoms with E-state index in [0.717, 1.165) is 77.2 Å². The second kappa shape index (κ2) is 32.9. The Bertz CT molecular complexity index is 4210. The lowest BCUT2D eigenvalue weighted by Crippen LogP contribution is -2.53. The largest absolute Gasteiger partial charge is 0.489 e. The van der Waals surface area contributed by atoms with E-state index < -0.39 is 70.6 Å². The average Bonchev–Trinajstić information content (AvgIpc) is 1.21. The van der Waals surface area contributed by atoms with Crippen LogP contribution in [0.3, 0.4) is 0 Å². The van der Waals surface area contributed by atoms with Gasteiger partial charge >= 0.3 is 12.1 Å². The van der Waals surface area contributed by atoms with E-state index in [9.17, 15) is 19.7 Å². The highest BCUT2D eigenvalue weighted by Crippen LogP contribution is 2.45. The molecule has 16 nitrogen and oxygen atoms in total. The smallest absolute Gasteiger partial charge is 0.407 e. The van der Waals surface area contributed by atoms with E-state index in [-0.39, 0.29) is 55.8 Å². The first kappa shape index (κ1) is 68.8. The third kappa shape index (κ3) is 17.0. The summed E-state index contributed by atoms with van der Waals surface area (Å²) < 4.78 is 20.1. The van der Waals surface area contributed by atoms with Crippen molar-refractivity contribution in [1.29, 1.82) is 0 Å². The van der Waals surface area contributed by atoms with Gasteiger partial charge in [0.05, 0.1) is 21.8 Å². The molecular weight excluding hydrogens is 1270 g/mol. The van der Waals surface area contributed by atoms with Gasteiger partial charge in [0, 0.05) is 49.4 Å². The summed E-state index contributed by atoms with van der Waals surface area (Å²) in [7, 11) is 2.18. The molecule has 1 aliphatic rings. The number of nitro benzene ring substituents is 1. The van der Waals surface area contributed by atoms with Crippen molar-refractivity contribution in [3.63, 3.8) is 0 Å². The van der Waals surface area contributed by atoms with E-state index in [1.165, 1.54) is 6.07 Å². The molecule has 0 aliphatic heterocycles. The highest BCUT2D eigenvalue weighted by molar-refractivity contribution is 8.76. The van der Waals surface area contributed by atoms with Crippen LogP contribution >= 0.6 is 21.6 Å². The predicted octanol–water partition coefficient (Wildman–Crippen LogP) is 15.0. The van der Waals surface area contributed by atoms with E-state index >= 15 is 14.4 Å². The minimum atomic E-state index is -1.33. The Hall–Kier alpha value is -10.6. The molecule has 1 aliphatic carbocycles. The minimum absolute atomic E-state index is 0.0453. The first-order valence-electron chi connectivity index (χ1n) is 32.7. The van der Waals surface area contributed by atoms with E-state index in [4.69, 9.17) is 19.2 Å². The Morgan fingerprint density at radius 3 is 1.72 bits per heavy atom. The van der Waals surface area contributed by atoms with Gasteiger partial charge in [0.2, 0.25) is 11.8 Å². The van der Waals surface area contributed by atoms with Crippen LogP contribution in [0.25, 0.3) is 11.1 Å². The summed E-state index contributed by atoms with van der Waals surface area (Å²) in [6.45, 7) is 6.06. The maximum Gasteiger partial charge on any atom is 0.407 e. The lowest BCUT2D eigenvalue weighted by atomic mass is 9.76. The van der Waals surface area contributed by atoms with Crippen LogP contribution in [-0.2, 0) is 60.2 Å². The van der Waals surface area contributed by atoms with Crippen molar-refractivity contribution in [3.05, 3.63) is 321 Å². The molecular formula is C80H76N6O10S2. The number of ketones is 1. The van der Waals surface area contributed by atoms with Crippen LogP contribution < -0.4 is 20.7 Å². The number of hydrogen-bond acceptors (Lipinski definition) is 13. The number of imidazole rings is 1. The number of fused-ring (bicyclic) bond motifs is 3. The van der Waals surface area contributed by atoms with Crippen molar-refractivity contribution in [2.45, 2.75) is 94.1 Å². The molecule has 10 aromatic rings. The van der Waals surface area contributed by atoms with Gasteiger partial charge in [0.1, 0.15) is 49.0 Å². The zero-order chi connectivity index (χ0) is 68.4. The molecule has 18 heteroatoms. The summed E-state index contributed by atoms with van der Waals surface area (Å²) in [5.74, 6) is -3.29. The molecule has 0 saturated heterocycles. The number of alkyl carbamates (subject to hydrolysis) is 1. The van der Waals surface area contributed by atoms with Crippen molar-refractivity contribution < 1.29 is 43.1 Å². The van der Waals surface area contributed by atoms with Gasteiger partial charge in [-0.25, -0.2) is 14.6 Å². The number of aryl methyl sites for hydroxylation is 1. The molecule has 0 radical (unpaired) electrons. The highest BCUT2D eigenvalue weighted by atomic mass is 33.1. The van der Waals surface area contributed by atoms with E-state index in [1.807, 2.05) is 250 Å². The number of amides is 3. The molecule has 4 atom stereocenters. The monoisotopic (exact) mass is 1340 g/mol. The highest BCUT2D eigenvalue weighted by Gasteiger charge is 2.42. The summed E-state index contributed by atoms with van der Waals surface area (Å²) in [4.78, 5) is 92.1. The Morgan fingerprint density at radius 2 is 1.12 bits per heavy atom. The fourth-order valence-corrected chi connectivity index (χ4v) is 14.9. The number of ether oxygens (including phenoxy) is 3. The first-order chi connectivity index (χ1) is 47.7. The number of hydrogen-bond donors (Lipinski definition) is 3. The standard InChI is InChI=1S/C80H76N6O10S2/c1-54(2)46-69(82-77(89)71(53-97-98-74-35-21-20-34-72(74)86(92)93)84-79(91)96-52-68-66-32-18-16-30-64(66)65-31-17-19-33-67(65)68)73(87)48-59(49-75-81-44-45-85(75)80(60-24-10-5-11-25-60,61-26-12-6-13-27-61)62-28-14-7-15-29-62)76(88)83-70(47-56-22-8-4-9-23-56)78(90)95-51-58-40-42-63(43-41-58)94-50-57-38-36-55(3)37-39-57/h4-45,54,59,68-71H,46-53H2,1-3H3,(H,82,89)(H,83,88)(H,84,91). The van der Waals surface area contributed by atoms with Crippen LogP contribution in [0.1, 0.15) is 88.5 Å². The molecule has 9 aromatic carbocycles. The molecule has 498 valence electrons. The van der Waals surface area contributed by atoms with Crippen LogP contribution in [0, 0.1) is 28.9 Å². The number of esters is 1. The van der Waals surface area contributed by atoms with Crippen LogP contribution in [0.5, 0.6) is 5.75 Å². The lowest BCUT2D eigenvalue weighted by molar-refractivity contribution is -0.387. The number of nitro groups is 1.